The van der Waals surface area contributed by atoms with Crippen LogP contribution >= 0.6 is 0 Å². The summed E-state index contributed by atoms with van der Waals surface area (Å²) in [5, 5.41) is 9.01. The van der Waals surface area contributed by atoms with Crippen LogP contribution in [0.25, 0.3) is 0 Å². The lowest BCUT2D eigenvalue weighted by molar-refractivity contribution is 0.268. The van der Waals surface area contributed by atoms with Gasteiger partial charge >= 0.3 is 0 Å². The summed E-state index contributed by atoms with van der Waals surface area (Å²) in [6.07, 6.45) is 0. The smallest absolute Gasteiger partial charge is 0.0467 e. The van der Waals surface area contributed by atoms with Gasteiger partial charge in [-0.15, -0.1) is 0 Å². The molecule has 0 heterocycles. The van der Waals surface area contributed by atoms with E-state index in [1.807, 2.05) is 6.07 Å². The van der Waals surface area contributed by atoms with Crippen molar-refractivity contribution in [3.63, 3.8) is 0 Å². The fraction of sp³-hybridized carbons (Fsp3) is 0.455. The van der Waals surface area contributed by atoms with E-state index in [4.69, 9.17) is 5.11 Å². The van der Waals surface area contributed by atoms with Crippen molar-refractivity contribution >= 4 is 0 Å². The lowest BCUT2D eigenvalue weighted by Gasteiger charge is -1.96. The van der Waals surface area contributed by atoms with Crippen molar-refractivity contribution < 1.29 is 5.11 Å². The Morgan fingerprint density at radius 3 is 2.42 bits per heavy atom. The summed E-state index contributed by atoms with van der Waals surface area (Å²) in [5.41, 5.74) is 1.38. The quantitative estimate of drug-likeness (QED) is 0.705. The first kappa shape index (κ1) is 7.81. The highest BCUT2D eigenvalue weighted by molar-refractivity contribution is 5.27. The van der Waals surface area contributed by atoms with Crippen LogP contribution in [0.15, 0.2) is 30.3 Å². The summed E-state index contributed by atoms with van der Waals surface area (Å²) < 4.78 is 0. The molecule has 0 amide bonds. The molecule has 0 bridgehead atoms. The molecule has 0 spiro atoms. The first-order valence-corrected chi connectivity index (χ1v) is 4.50. The first-order valence-electron chi connectivity index (χ1n) is 4.50. The van der Waals surface area contributed by atoms with E-state index >= 15 is 0 Å². The molecule has 1 nitrogen and oxygen atoms in total. The lowest BCUT2D eigenvalue weighted by Crippen LogP contribution is -1.87. The van der Waals surface area contributed by atoms with Crippen molar-refractivity contribution in [1.29, 1.82) is 0 Å². The molecule has 3 unspecified atom stereocenters. The van der Waals surface area contributed by atoms with Gasteiger partial charge in [0.05, 0.1) is 0 Å². The normalized spacial score (nSPS) is 33.3. The Balaban J connectivity index is 2.14. The molecule has 1 aromatic rings. The Hall–Kier alpha value is -0.820. The summed E-state index contributed by atoms with van der Waals surface area (Å²) in [6, 6.07) is 10.5. The van der Waals surface area contributed by atoms with Gasteiger partial charge in [0.25, 0.3) is 0 Å². The van der Waals surface area contributed by atoms with Crippen LogP contribution in [0.2, 0.25) is 0 Å². The van der Waals surface area contributed by atoms with E-state index in [0.29, 0.717) is 24.4 Å². The summed E-state index contributed by atoms with van der Waals surface area (Å²) >= 11 is 0. The molecule has 3 atom stereocenters. The lowest BCUT2D eigenvalue weighted by atomic mass is 10.1. The van der Waals surface area contributed by atoms with Crippen molar-refractivity contribution in [2.45, 2.75) is 12.8 Å². The molecule has 2 rings (SSSR count). The van der Waals surface area contributed by atoms with E-state index in [9.17, 15) is 0 Å². The highest BCUT2D eigenvalue weighted by Crippen LogP contribution is 2.53. The van der Waals surface area contributed by atoms with E-state index in [2.05, 4.69) is 31.2 Å². The number of benzene rings is 1. The summed E-state index contributed by atoms with van der Waals surface area (Å²) in [4.78, 5) is 0. The van der Waals surface area contributed by atoms with Gasteiger partial charge in [0.2, 0.25) is 0 Å². The van der Waals surface area contributed by atoms with Crippen molar-refractivity contribution in [2.24, 2.45) is 11.8 Å². The van der Waals surface area contributed by atoms with Crippen molar-refractivity contribution in [2.75, 3.05) is 6.61 Å². The highest BCUT2D eigenvalue weighted by atomic mass is 16.3. The predicted molar refractivity (Wildman–Crippen MR) is 48.9 cm³/mol. The molecule has 1 heteroatoms. The average Bonchev–Trinajstić information content (AvgIpc) is 2.78. The van der Waals surface area contributed by atoms with Crippen LogP contribution in [0.5, 0.6) is 0 Å². The molecule has 1 aliphatic rings. The van der Waals surface area contributed by atoms with Crippen LogP contribution in [0.1, 0.15) is 18.4 Å². The Morgan fingerprint density at radius 1 is 1.25 bits per heavy atom. The Labute approximate surface area is 73.0 Å². The zero-order chi connectivity index (χ0) is 8.55. The molecule has 0 radical (unpaired) electrons. The summed E-state index contributed by atoms with van der Waals surface area (Å²) in [5.74, 6) is 1.78. The Kier molecular flexibility index (Phi) is 1.89. The minimum Gasteiger partial charge on any atom is -0.396 e. The third kappa shape index (κ3) is 1.14. The van der Waals surface area contributed by atoms with Gasteiger partial charge in [0.15, 0.2) is 0 Å². The van der Waals surface area contributed by atoms with Gasteiger partial charge in [0, 0.05) is 6.61 Å². The van der Waals surface area contributed by atoms with Crippen molar-refractivity contribution in [3.8, 4) is 0 Å². The Bertz CT molecular complexity index is 255. The van der Waals surface area contributed by atoms with E-state index in [-0.39, 0.29) is 0 Å². The van der Waals surface area contributed by atoms with Gasteiger partial charge in [-0.3, -0.25) is 0 Å². The number of hydrogen-bond acceptors (Lipinski definition) is 1. The van der Waals surface area contributed by atoms with Gasteiger partial charge < -0.3 is 5.11 Å². The molecule has 12 heavy (non-hydrogen) atoms. The topological polar surface area (TPSA) is 20.2 Å². The largest absolute Gasteiger partial charge is 0.396 e. The summed E-state index contributed by atoms with van der Waals surface area (Å²) in [6.45, 7) is 2.54. The van der Waals surface area contributed by atoms with Gasteiger partial charge in [-0.2, -0.15) is 0 Å². The maximum absolute atomic E-state index is 9.01. The fourth-order valence-electron chi connectivity index (χ4n) is 2.05. The predicted octanol–water partition coefficient (Wildman–Crippen LogP) is 2.03. The first-order chi connectivity index (χ1) is 5.84. The SMILES string of the molecule is CC1C(CO)C1c1ccccc1. The van der Waals surface area contributed by atoms with Gasteiger partial charge in [-0.1, -0.05) is 37.3 Å². The molecule has 0 aromatic heterocycles. The second-order valence-electron chi connectivity index (χ2n) is 3.64. The fourth-order valence-corrected chi connectivity index (χ4v) is 2.05. The molecular formula is C11H14O. The van der Waals surface area contributed by atoms with Gasteiger partial charge in [0.1, 0.15) is 0 Å². The van der Waals surface area contributed by atoms with Crippen LogP contribution in [-0.4, -0.2) is 11.7 Å². The standard InChI is InChI=1S/C11H14O/c1-8-10(7-12)11(8)9-5-3-2-4-6-9/h2-6,8,10-12H,7H2,1H3. The summed E-state index contributed by atoms with van der Waals surface area (Å²) in [7, 11) is 0. The molecule has 1 aliphatic carbocycles. The molecule has 1 saturated carbocycles. The van der Waals surface area contributed by atoms with E-state index in [1.54, 1.807) is 0 Å². The van der Waals surface area contributed by atoms with Gasteiger partial charge in [-0.25, -0.2) is 0 Å². The maximum atomic E-state index is 9.01. The van der Waals surface area contributed by atoms with E-state index < -0.39 is 0 Å². The monoisotopic (exact) mass is 162 g/mol. The number of hydrogen-bond donors (Lipinski definition) is 1. The van der Waals surface area contributed by atoms with Crippen molar-refractivity contribution in [1.82, 2.24) is 0 Å². The van der Waals surface area contributed by atoms with Crippen LogP contribution in [0.4, 0.5) is 0 Å². The second kappa shape index (κ2) is 2.91. The van der Waals surface area contributed by atoms with Gasteiger partial charge in [-0.05, 0) is 23.3 Å². The third-order valence-electron chi connectivity index (χ3n) is 2.96. The number of aliphatic hydroxyl groups is 1. The minimum atomic E-state index is 0.334. The van der Waals surface area contributed by atoms with Crippen LogP contribution in [0, 0.1) is 11.8 Å². The second-order valence-corrected chi connectivity index (χ2v) is 3.64. The van der Waals surface area contributed by atoms with E-state index in [1.165, 1.54) is 5.56 Å². The van der Waals surface area contributed by atoms with Crippen LogP contribution < -0.4 is 0 Å². The molecule has 1 fully saturated rings. The molecular weight excluding hydrogens is 148 g/mol. The number of rotatable bonds is 2. The van der Waals surface area contributed by atoms with E-state index in [0.717, 1.165) is 0 Å². The minimum absolute atomic E-state index is 0.334. The van der Waals surface area contributed by atoms with Crippen LogP contribution in [-0.2, 0) is 0 Å². The molecule has 1 N–H and O–H groups in total. The molecule has 0 aliphatic heterocycles. The molecule has 0 saturated heterocycles. The Morgan fingerprint density at radius 2 is 1.92 bits per heavy atom. The average molecular weight is 162 g/mol. The maximum Gasteiger partial charge on any atom is 0.0467 e. The molecule has 64 valence electrons. The zero-order valence-corrected chi connectivity index (χ0v) is 7.27. The third-order valence-corrected chi connectivity index (χ3v) is 2.96. The molecule has 1 aromatic carbocycles. The van der Waals surface area contributed by atoms with Crippen molar-refractivity contribution in [3.05, 3.63) is 35.9 Å². The highest BCUT2D eigenvalue weighted by Gasteiger charge is 2.46. The zero-order valence-electron chi connectivity index (χ0n) is 7.27. The van der Waals surface area contributed by atoms with Crippen LogP contribution in [0.3, 0.4) is 0 Å². The number of aliphatic hydroxyl groups excluding tert-OH is 1.